The van der Waals surface area contributed by atoms with Crippen molar-refractivity contribution in [2.75, 3.05) is 12.4 Å². The van der Waals surface area contributed by atoms with Crippen LogP contribution >= 0.6 is 11.3 Å². The van der Waals surface area contributed by atoms with E-state index in [1.165, 1.54) is 0 Å². The molecule has 0 radical (unpaired) electrons. The van der Waals surface area contributed by atoms with E-state index in [2.05, 4.69) is 20.6 Å². The Balaban J connectivity index is 1.51. The van der Waals surface area contributed by atoms with Gasteiger partial charge in [-0.1, -0.05) is 24.3 Å². The van der Waals surface area contributed by atoms with Crippen molar-refractivity contribution >= 4 is 39.0 Å². The first kappa shape index (κ1) is 17.9. The van der Waals surface area contributed by atoms with E-state index in [1.54, 1.807) is 36.8 Å². The van der Waals surface area contributed by atoms with E-state index in [1.807, 2.05) is 48.5 Å². The Hall–Kier alpha value is -3.45. The lowest BCUT2D eigenvalue weighted by atomic mass is 10.2. The van der Waals surface area contributed by atoms with E-state index in [0.717, 1.165) is 20.9 Å². The van der Waals surface area contributed by atoms with Gasteiger partial charge < -0.3 is 15.4 Å². The Kier molecular flexibility index (Phi) is 5.16. The number of hydrogen-bond donors (Lipinski definition) is 2. The Morgan fingerprint density at radius 1 is 1.07 bits per heavy atom. The van der Waals surface area contributed by atoms with Crippen LogP contribution in [0, 0.1) is 0 Å². The quantitative estimate of drug-likeness (QED) is 0.511. The van der Waals surface area contributed by atoms with Crippen LogP contribution in [-0.4, -0.2) is 23.0 Å². The van der Waals surface area contributed by atoms with Crippen molar-refractivity contribution < 1.29 is 9.53 Å². The van der Waals surface area contributed by atoms with Crippen LogP contribution in [0.25, 0.3) is 10.2 Å². The number of thiazole rings is 1. The molecule has 2 N–H and O–H groups in total. The molecule has 6 nitrogen and oxygen atoms in total. The zero-order valence-corrected chi connectivity index (χ0v) is 16.0. The summed E-state index contributed by atoms with van der Waals surface area (Å²) in [5, 5.41) is 6.97. The summed E-state index contributed by atoms with van der Waals surface area (Å²) in [4.78, 5) is 21.6. The number of amides is 1. The number of ether oxygens (including phenoxy) is 1. The summed E-state index contributed by atoms with van der Waals surface area (Å²) >= 11 is 1.57. The van der Waals surface area contributed by atoms with Gasteiger partial charge in [-0.3, -0.25) is 4.79 Å². The maximum Gasteiger partial charge on any atom is 0.255 e. The molecule has 4 rings (SSSR count). The van der Waals surface area contributed by atoms with E-state index in [-0.39, 0.29) is 5.91 Å². The number of fused-ring (bicyclic) bond motifs is 1. The molecule has 0 bridgehead atoms. The first-order valence-electron chi connectivity index (χ1n) is 8.72. The summed E-state index contributed by atoms with van der Waals surface area (Å²) in [6.07, 6.45) is 1.64. The number of carbonyl (C=O) groups excluding carboxylic acids is 1. The average molecular weight is 390 g/mol. The van der Waals surface area contributed by atoms with Crippen molar-refractivity contribution in [2.45, 2.75) is 6.54 Å². The average Bonchev–Trinajstić information content (AvgIpc) is 3.16. The van der Waals surface area contributed by atoms with Gasteiger partial charge in [0.15, 0.2) is 0 Å². The third kappa shape index (κ3) is 3.79. The van der Waals surface area contributed by atoms with E-state index in [9.17, 15) is 4.79 Å². The fraction of sp³-hybridized carbons (Fsp3) is 0.0952. The Morgan fingerprint density at radius 2 is 1.89 bits per heavy atom. The molecule has 7 heteroatoms. The van der Waals surface area contributed by atoms with E-state index >= 15 is 0 Å². The molecule has 0 aliphatic heterocycles. The highest BCUT2D eigenvalue weighted by atomic mass is 32.1. The number of pyridine rings is 1. The summed E-state index contributed by atoms with van der Waals surface area (Å²) < 4.78 is 6.46. The zero-order valence-electron chi connectivity index (χ0n) is 15.2. The van der Waals surface area contributed by atoms with Gasteiger partial charge in [0.2, 0.25) is 0 Å². The molecular formula is C21H18N4O2S. The molecule has 0 aliphatic rings. The summed E-state index contributed by atoms with van der Waals surface area (Å²) in [5.41, 5.74) is 2.13. The highest BCUT2D eigenvalue weighted by Gasteiger charge is 2.14. The van der Waals surface area contributed by atoms with Crippen LogP contribution in [0.1, 0.15) is 15.4 Å². The molecule has 2 aromatic carbocycles. The molecule has 28 heavy (non-hydrogen) atoms. The summed E-state index contributed by atoms with van der Waals surface area (Å²) in [6, 6.07) is 18.9. The van der Waals surface area contributed by atoms with Crippen molar-refractivity contribution in [1.82, 2.24) is 15.3 Å². The Labute approximate surface area is 166 Å². The minimum atomic E-state index is -0.218. The van der Waals surface area contributed by atoms with Crippen molar-refractivity contribution in [3.05, 3.63) is 77.4 Å². The van der Waals surface area contributed by atoms with E-state index in [4.69, 9.17) is 4.74 Å². The summed E-state index contributed by atoms with van der Waals surface area (Å²) in [5.74, 6) is 0.924. The molecule has 0 unspecified atom stereocenters. The molecule has 2 heterocycles. The van der Waals surface area contributed by atoms with Crippen LogP contribution in [0.2, 0.25) is 0 Å². The van der Waals surface area contributed by atoms with E-state index < -0.39 is 0 Å². The second kappa shape index (κ2) is 8.06. The molecule has 1 amide bonds. The number of nitrogens with one attached hydrogen (secondary N) is 2. The van der Waals surface area contributed by atoms with Gasteiger partial charge in [0.1, 0.15) is 16.6 Å². The highest BCUT2D eigenvalue weighted by Crippen LogP contribution is 2.27. The van der Waals surface area contributed by atoms with Crippen LogP contribution in [0.4, 0.5) is 11.5 Å². The minimum absolute atomic E-state index is 0.218. The maximum absolute atomic E-state index is 12.8. The number of para-hydroxylation sites is 3. The van der Waals surface area contributed by atoms with Gasteiger partial charge in [0.25, 0.3) is 5.91 Å². The Morgan fingerprint density at radius 3 is 2.75 bits per heavy atom. The lowest BCUT2D eigenvalue weighted by molar-refractivity contribution is 0.0951. The number of methoxy groups -OCH3 is 1. The van der Waals surface area contributed by atoms with Crippen molar-refractivity contribution in [3.8, 4) is 5.75 Å². The fourth-order valence-electron chi connectivity index (χ4n) is 2.81. The van der Waals surface area contributed by atoms with Gasteiger partial charge in [-0.2, -0.15) is 0 Å². The van der Waals surface area contributed by atoms with Gasteiger partial charge in [-0.05, 0) is 36.4 Å². The van der Waals surface area contributed by atoms with Crippen LogP contribution in [0.5, 0.6) is 5.75 Å². The molecule has 4 aromatic rings. The molecule has 0 saturated carbocycles. The SMILES string of the molecule is COc1ccccc1Nc1ncccc1C(=O)NCc1nc2ccccc2s1. The molecule has 0 spiro atoms. The lowest BCUT2D eigenvalue weighted by Gasteiger charge is -2.13. The number of hydrogen-bond acceptors (Lipinski definition) is 6. The molecule has 2 aromatic heterocycles. The van der Waals surface area contributed by atoms with Crippen LogP contribution in [0.3, 0.4) is 0 Å². The number of rotatable bonds is 6. The van der Waals surface area contributed by atoms with Gasteiger partial charge >= 0.3 is 0 Å². The monoisotopic (exact) mass is 390 g/mol. The highest BCUT2D eigenvalue weighted by molar-refractivity contribution is 7.18. The predicted octanol–water partition coefficient (Wildman–Crippen LogP) is 4.37. The summed E-state index contributed by atoms with van der Waals surface area (Å²) in [6.45, 7) is 0.362. The van der Waals surface area contributed by atoms with Crippen molar-refractivity contribution in [1.29, 1.82) is 0 Å². The van der Waals surface area contributed by atoms with Gasteiger partial charge in [0, 0.05) is 6.20 Å². The topological polar surface area (TPSA) is 76.1 Å². The lowest BCUT2D eigenvalue weighted by Crippen LogP contribution is -2.24. The number of carbonyl (C=O) groups is 1. The standard InChI is InChI=1S/C21H18N4O2S/c1-27-17-10-4-2-8-15(17)25-20-14(7-6-12-22-20)21(26)23-13-19-24-16-9-3-5-11-18(16)28-19/h2-12H,13H2,1H3,(H,22,25)(H,23,26). The molecule has 0 atom stereocenters. The molecule has 0 saturated heterocycles. The number of benzene rings is 2. The number of aromatic nitrogens is 2. The van der Waals surface area contributed by atoms with Crippen LogP contribution in [-0.2, 0) is 6.54 Å². The normalized spacial score (nSPS) is 10.6. The van der Waals surface area contributed by atoms with Crippen LogP contribution in [0.15, 0.2) is 66.9 Å². The maximum atomic E-state index is 12.8. The fourth-order valence-corrected chi connectivity index (χ4v) is 3.72. The molecule has 0 aliphatic carbocycles. The number of nitrogens with zero attached hydrogens (tertiary/aromatic N) is 2. The largest absolute Gasteiger partial charge is 0.495 e. The Bertz CT molecular complexity index is 1090. The zero-order chi connectivity index (χ0) is 19.3. The predicted molar refractivity (Wildman–Crippen MR) is 111 cm³/mol. The van der Waals surface area contributed by atoms with E-state index in [0.29, 0.717) is 23.7 Å². The first-order chi connectivity index (χ1) is 13.7. The van der Waals surface area contributed by atoms with Gasteiger partial charge in [-0.15, -0.1) is 11.3 Å². The minimum Gasteiger partial charge on any atom is -0.495 e. The molecular weight excluding hydrogens is 372 g/mol. The molecule has 140 valence electrons. The van der Waals surface area contributed by atoms with Crippen LogP contribution < -0.4 is 15.4 Å². The van der Waals surface area contributed by atoms with Gasteiger partial charge in [0.05, 0.1) is 35.1 Å². The smallest absolute Gasteiger partial charge is 0.255 e. The second-order valence-electron chi connectivity index (χ2n) is 5.98. The first-order valence-corrected chi connectivity index (χ1v) is 9.54. The van der Waals surface area contributed by atoms with Crippen molar-refractivity contribution in [2.24, 2.45) is 0 Å². The number of anilines is 2. The van der Waals surface area contributed by atoms with Crippen molar-refractivity contribution in [3.63, 3.8) is 0 Å². The summed E-state index contributed by atoms with van der Waals surface area (Å²) in [7, 11) is 1.60. The van der Waals surface area contributed by atoms with Gasteiger partial charge in [-0.25, -0.2) is 9.97 Å². The molecule has 0 fully saturated rings. The second-order valence-corrected chi connectivity index (χ2v) is 7.10. The third-order valence-corrected chi connectivity index (χ3v) is 5.19. The third-order valence-electron chi connectivity index (χ3n) is 4.15.